The minimum absolute atomic E-state index is 0.140. The molecule has 0 spiro atoms. The number of halogens is 1. The van der Waals surface area contributed by atoms with Crippen LogP contribution in [0, 0.1) is 0 Å². The van der Waals surface area contributed by atoms with Gasteiger partial charge in [0.25, 0.3) is 5.91 Å². The zero-order chi connectivity index (χ0) is 15.8. The Balaban J connectivity index is 1.91. The Labute approximate surface area is 134 Å². The summed E-state index contributed by atoms with van der Waals surface area (Å²) in [6.45, 7) is 1.84. The van der Waals surface area contributed by atoms with E-state index in [1.165, 1.54) is 0 Å². The van der Waals surface area contributed by atoms with E-state index in [1.807, 2.05) is 37.3 Å². The Kier molecular flexibility index (Phi) is 5.98. The van der Waals surface area contributed by atoms with E-state index in [-0.39, 0.29) is 12.5 Å². The fourth-order valence-electron chi connectivity index (χ4n) is 1.85. The van der Waals surface area contributed by atoms with Gasteiger partial charge in [-0.1, -0.05) is 61.0 Å². The van der Waals surface area contributed by atoms with Crippen LogP contribution < -0.4 is 10.2 Å². The van der Waals surface area contributed by atoms with Gasteiger partial charge in [0.2, 0.25) is 0 Å². The summed E-state index contributed by atoms with van der Waals surface area (Å²) in [5.41, 5.74) is 4.30. The minimum atomic E-state index is -0.332. The summed E-state index contributed by atoms with van der Waals surface area (Å²) in [4.78, 5) is 11.8. The van der Waals surface area contributed by atoms with Crippen LogP contribution in [0.25, 0.3) is 0 Å². The van der Waals surface area contributed by atoms with Crippen LogP contribution in [0.5, 0.6) is 5.75 Å². The second-order valence-corrected chi connectivity index (χ2v) is 4.94. The van der Waals surface area contributed by atoms with E-state index in [0.29, 0.717) is 10.8 Å². The number of carbonyl (C=O) groups is 1. The first-order valence-electron chi connectivity index (χ1n) is 6.99. The van der Waals surface area contributed by atoms with Crippen LogP contribution in [-0.4, -0.2) is 18.2 Å². The predicted molar refractivity (Wildman–Crippen MR) is 88.4 cm³/mol. The van der Waals surface area contributed by atoms with Gasteiger partial charge in [-0.25, -0.2) is 5.43 Å². The van der Waals surface area contributed by atoms with Crippen LogP contribution in [0.2, 0.25) is 5.02 Å². The van der Waals surface area contributed by atoms with Gasteiger partial charge in [-0.05, 0) is 24.1 Å². The lowest BCUT2D eigenvalue weighted by Crippen LogP contribution is -2.26. The van der Waals surface area contributed by atoms with Gasteiger partial charge >= 0.3 is 0 Å². The number of amides is 1. The molecule has 4 nitrogen and oxygen atoms in total. The Bertz CT molecular complexity index is 657. The highest BCUT2D eigenvalue weighted by atomic mass is 35.5. The van der Waals surface area contributed by atoms with Crippen molar-refractivity contribution in [1.82, 2.24) is 5.43 Å². The maximum atomic E-state index is 11.8. The van der Waals surface area contributed by atoms with Gasteiger partial charge < -0.3 is 4.74 Å². The number of nitrogens with one attached hydrogen (secondary N) is 1. The summed E-state index contributed by atoms with van der Waals surface area (Å²) in [7, 11) is 0. The van der Waals surface area contributed by atoms with Gasteiger partial charge in [-0.15, -0.1) is 0 Å². The molecule has 0 aliphatic heterocycles. The van der Waals surface area contributed by atoms with E-state index in [2.05, 4.69) is 10.5 Å². The van der Waals surface area contributed by atoms with Gasteiger partial charge in [0.05, 0.1) is 10.7 Å². The van der Waals surface area contributed by atoms with E-state index in [1.54, 1.807) is 24.3 Å². The third kappa shape index (κ3) is 4.60. The van der Waals surface area contributed by atoms with Gasteiger partial charge in [-0.3, -0.25) is 4.79 Å². The summed E-state index contributed by atoms with van der Waals surface area (Å²) in [6.07, 6.45) is 0.718. The van der Waals surface area contributed by atoms with Crippen molar-refractivity contribution in [3.63, 3.8) is 0 Å². The molecule has 0 aromatic heterocycles. The first kappa shape index (κ1) is 16.0. The number of rotatable bonds is 6. The second kappa shape index (κ2) is 8.20. The molecule has 5 heteroatoms. The standard InChI is InChI=1S/C17H17ClN2O2/c1-2-15(13-8-4-3-5-9-13)19-20-17(21)12-22-16-11-7-6-10-14(16)18/h3-11H,2,12H2,1H3,(H,20,21)/b19-15+. The van der Waals surface area contributed by atoms with Gasteiger partial charge in [0, 0.05) is 0 Å². The van der Waals surface area contributed by atoms with Gasteiger partial charge in [0.15, 0.2) is 6.61 Å². The lowest BCUT2D eigenvalue weighted by Gasteiger charge is -2.08. The summed E-state index contributed by atoms with van der Waals surface area (Å²) in [5, 5.41) is 4.62. The predicted octanol–water partition coefficient (Wildman–Crippen LogP) is 3.65. The molecule has 22 heavy (non-hydrogen) atoms. The summed E-state index contributed by atoms with van der Waals surface area (Å²) in [5.74, 6) is 0.142. The molecular weight excluding hydrogens is 300 g/mol. The van der Waals surface area contributed by atoms with Crippen molar-refractivity contribution in [1.29, 1.82) is 0 Å². The average molecular weight is 317 g/mol. The molecule has 0 bridgehead atoms. The first-order chi connectivity index (χ1) is 10.7. The fraction of sp³-hybridized carbons (Fsp3) is 0.176. The Morgan fingerprint density at radius 2 is 1.82 bits per heavy atom. The smallest absolute Gasteiger partial charge is 0.277 e. The molecule has 0 atom stereocenters. The highest BCUT2D eigenvalue weighted by molar-refractivity contribution is 6.32. The molecule has 2 aromatic carbocycles. The summed E-state index contributed by atoms with van der Waals surface area (Å²) < 4.78 is 5.36. The van der Waals surface area contributed by atoms with Crippen molar-refractivity contribution in [2.24, 2.45) is 5.10 Å². The third-order valence-electron chi connectivity index (χ3n) is 2.95. The van der Waals surface area contributed by atoms with E-state index >= 15 is 0 Å². The van der Waals surface area contributed by atoms with Crippen molar-refractivity contribution in [3.8, 4) is 5.75 Å². The quantitative estimate of drug-likeness (QED) is 0.653. The highest BCUT2D eigenvalue weighted by Gasteiger charge is 2.06. The van der Waals surface area contributed by atoms with Crippen LogP contribution in [-0.2, 0) is 4.79 Å². The number of hydrogen-bond acceptors (Lipinski definition) is 3. The Morgan fingerprint density at radius 3 is 2.50 bits per heavy atom. The second-order valence-electron chi connectivity index (χ2n) is 4.53. The molecule has 1 N–H and O–H groups in total. The molecule has 0 fully saturated rings. The van der Waals surface area contributed by atoms with Crippen molar-refractivity contribution in [3.05, 3.63) is 65.2 Å². The molecule has 0 aliphatic carbocycles. The van der Waals surface area contributed by atoms with Crippen LogP contribution >= 0.6 is 11.6 Å². The third-order valence-corrected chi connectivity index (χ3v) is 3.27. The lowest BCUT2D eigenvalue weighted by molar-refractivity contribution is -0.123. The van der Waals surface area contributed by atoms with Crippen LogP contribution in [0.1, 0.15) is 18.9 Å². The van der Waals surface area contributed by atoms with Crippen molar-refractivity contribution in [2.45, 2.75) is 13.3 Å². The number of nitrogens with zero attached hydrogens (tertiary/aromatic N) is 1. The maximum Gasteiger partial charge on any atom is 0.277 e. The number of carbonyl (C=O) groups excluding carboxylic acids is 1. The molecule has 0 saturated heterocycles. The zero-order valence-electron chi connectivity index (χ0n) is 12.3. The largest absolute Gasteiger partial charge is 0.482 e. The number of hydrazone groups is 1. The molecule has 2 aromatic rings. The van der Waals surface area contributed by atoms with Crippen LogP contribution in [0.4, 0.5) is 0 Å². The van der Waals surface area contributed by atoms with Crippen LogP contribution in [0.3, 0.4) is 0 Å². The topological polar surface area (TPSA) is 50.7 Å². The Hall–Kier alpha value is -2.33. The Morgan fingerprint density at radius 1 is 1.14 bits per heavy atom. The SMILES string of the molecule is CC/C(=N\NC(=O)COc1ccccc1Cl)c1ccccc1. The molecule has 114 valence electrons. The van der Waals surface area contributed by atoms with E-state index in [4.69, 9.17) is 16.3 Å². The molecule has 0 unspecified atom stereocenters. The highest BCUT2D eigenvalue weighted by Crippen LogP contribution is 2.22. The molecule has 1 amide bonds. The monoisotopic (exact) mass is 316 g/mol. The summed E-state index contributed by atoms with van der Waals surface area (Å²) >= 11 is 5.95. The van der Waals surface area contributed by atoms with Crippen LogP contribution in [0.15, 0.2) is 59.7 Å². The number of ether oxygens (including phenoxy) is 1. The van der Waals surface area contributed by atoms with Crippen molar-refractivity contribution >= 4 is 23.2 Å². The van der Waals surface area contributed by atoms with E-state index in [0.717, 1.165) is 17.7 Å². The first-order valence-corrected chi connectivity index (χ1v) is 7.36. The average Bonchev–Trinajstić information content (AvgIpc) is 2.55. The van der Waals surface area contributed by atoms with Gasteiger partial charge in [-0.2, -0.15) is 5.10 Å². The fourth-order valence-corrected chi connectivity index (χ4v) is 2.04. The van der Waals surface area contributed by atoms with Gasteiger partial charge in [0.1, 0.15) is 5.75 Å². The van der Waals surface area contributed by atoms with Crippen molar-refractivity contribution in [2.75, 3.05) is 6.61 Å². The minimum Gasteiger partial charge on any atom is -0.482 e. The zero-order valence-corrected chi connectivity index (χ0v) is 13.0. The number of hydrogen-bond donors (Lipinski definition) is 1. The van der Waals surface area contributed by atoms with Crippen molar-refractivity contribution < 1.29 is 9.53 Å². The molecular formula is C17H17ClN2O2. The molecule has 0 heterocycles. The number of benzene rings is 2. The molecule has 2 rings (SSSR count). The molecule has 0 radical (unpaired) electrons. The molecule has 0 aliphatic rings. The summed E-state index contributed by atoms with van der Waals surface area (Å²) in [6, 6.07) is 16.7. The van der Waals surface area contributed by atoms with E-state index in [9.17, 15) is 4.79 Å². The normalized spacial score (nSPS) is 11.1. The van der Waals surface area contributed by atoms with E-state index < -0.39 is 0 Å². The maximum absolute atomic E-state index is 11.8. The molecule has 0 saturated carbocycles. The lowest BCUT2D eigenvalue weighted by atomic mass is 10.1. The number of para-hydroxylation sites is 1.